The molecule has 0 radical (unpaired) electrons. The molecule has 1 aromatic rings. The van der Waals surface area contributed by atoms with Crippen LogP contribution in [0.3, 0.4) is 0 Å². The molecule has 116 valence electrons. The highest BCUT2D eigenvalue weighted by Gasteiger charge is 2.34. The maximum absolute atomic E-state index is 12.3. The van der Waals surface area contributed by atoms with E-state index in [1.807, 2.05) is 24.3 Å². The van der Waals surface area contributed by atoms with Gasteiger partial charge in [-0.05, 0) is 37.8 Å². The van der Waals surface area contributed by atoms with Crippen molar-refractivity contribution >= 4 is 29.4 Å². The minimum absolute atomic E-state index is 0.321. The van der Waals surface area contributed by atoms with Gasteiger partial charge in [0.05, 0.1) is 18.5 Å². The van der Waals surface area contributed by atoms with E-state index in [-0.39, 0.29) is 5.91 Å². The Morgan fingerprint density at radius 1 is 1.13 bits per heavy atom. The number of methoxy groups -OCH3 is 1. The minimum Gasteiger partial charge on any atom is -0.496 e. The molecule has 2 aliphatic heterocycles. The van der Waals surface area contributed by atoms with E-state index in [1.165, 1.54) is 0 Å². The number of benzene rings is 1. The first-order valence-corrected chi connectivity index (χ1v) is 7.69. The van der Waals surface area contributed by atoms with Gasteiger partial charge in [0.1, 0.15) is 11.4 Å². The van der Waals surface area contributed by atoms with Crippen LogP contribution in [0.4, 0.5) is 0 Å². The maximum atomic E-state index is 12.3. The topological polar surface area (TPSA) is 66.6 Å². The molecule has 1 aliphatic carbocycles. The molecule has 6 nitrogen and oxygen atoms in total. The van der Waals surface area contributed by atoms with Gasteiger partial charge >= 0.3 is 0 Å². The Morgan fingerprint density at radius 2 is 1.91 bits per heavy atom. The lowest BCUT2D eigenvalue weighted by Crippen LogP contribution is -2.33. The number of carbonyl (C=O) groups excluding carboxylic acids is 1. The molecule has 0 spiro atoms. The zero-order valence-corrected chi connectivity index (χ0v) is 12.8. The number of amides is 1. The lowest BCUT2D eigenvalue weighted by molar-refractivity contribution is -0.114. The van der Waals surface area contributed by atoms with Crippen molar-refractivity contribution in [1.29, 1.82) is 0 Å². The van der Waals surface area contributed by atoms with Crippen molar-refractivity contribution in [3.8, 4) is 5.75 Å². The van der Waals surface area contributed by atoms with Crippen LogP contribution >= 0.6 is 0 Å². The van der Waals surface area contributed by atoms with Crippen LogP contribution in [-0.4, -0.2) is 35.4 Å². The van der Waals surface area contributed by atoms with Gasteiger partial charge in [-0.2, -0.15) is 15.1 Å². The molecule has 1 aromatic carbocycles. The highest BCUT2D eigenvalue weighted by Crippen LogP contribution is 2.28. The van der Waals surface area contributed by atoms with Crippen LogP contribution < -0.4 is 4.74 Å². The van der Waals surface area contributed by atoms with Crippen molar-refractivity contribution in [2.45, 2.75) is 25.7 Å². The summed E-state index contributed by atoms with van der Waals surface area (Å²) in [6.07, 6.45) is 5.79. The van der Waals surface area contributed by atoms with E-state index >= 15 is 0 Å². The summed E-state index contributed by atoms with van der Waals surface area (Å²) in [5.41, 5.74) is 3.16. The number of para-hydroxylation sites is 1. The molecule has 0 bridgehead atoms. The highest BCUT2D eigenvalue weighted by atomic mass is 16.5. The second-order valence-corrected chi connectivity index (χ2v) is 5.61. The van der Waals surface area contributed by atoms with Gasteiger partial charge in [0.25, 0.3) is 11.9 Å². The zero-order valence-electron chi connectivity index (χ0n) is 12.8. The first-order chi connectivity index (χ1) is 11.3. The molecule has 2 heterocycles. The fourth-order valence-electron chi connectivity index (χ4n) is 2.96. The van der Waals surface area contributed by atoms with Crippen molar-refractivity contribution in [2.75, 3.05) is 7.11 Å². The Morgan fingerprint density at radius 3 is 2.74 bits per heavy atom. The molecule has 3 aliphatic rings. The Hall–Kier alpha value is -2.76. The van der Waals surface area contributed by atoms with E-state index in [4.69, 9.17) is 4.74 Å². The van der Waals surface area contributed by atoms with Gasteiger partial charge in [-0.1, -0.05) is 18.2 Å². The number of nitrogens with zero attached hydrogens (tertiary/aromatic N) is 4. The number of fused-ring (bicyclic) bond motifs is 2. The first kappa shape index (κ1) is 13.9. The quantitative estimate of drug-likeness (QED) is 0.789. The average Bonchev–Trinajstić information content (AvgIpc) is 2.88. The summed E-state index contributed by atoms with van der Waals surface area (Å²) in [4.78, 5) is 20.8. The Labute approximate surface area is 133 Å². The van der Waals surface area contributed by atoms with E-state index in [2.05, 4.69) is 15.1 Å². The van der Waals surface area contributed by atoms with E-state index in [0.29, 0.717) is 17.4 Å². The van der Waals surface area contributed by atoms with Crippen molar-refractivity contribution in [3.63, 3.8) is 0 Å². The van der Waals surface area contributed by atoms with E-state index in [9.17, 15) is 4.79 Å². The normalized spacial score (nSPS) is 21.4. The molecule has 1 saturated carbocycles. The summed E-state index contributed by atoms with van der Waals surface area (Å²) < 4.78 is 5.34. The second-order valence-electron chi connectivity index (χ2n) is 5.61. The first-order valence-electron chi connectivity index (χ1n) is 7.69. The van der Waals surface area contributed by atoms with Crippen LogP contribution in [-0.2, 0) is 4.79 Å². The molecular weight excluding hydrogens is 292 g/mol. The van der Waals surface area contributed by atoms with Gasteiger partial charge in [-0.15, -0.1) is 0 Å². The molecule has 4 rings (SSSR count). The molecular formula is C17H16N4O2. The standard InChI is InChI=1S/C17H16N4O2/c1-23-15-9-5-2-6-11(15)10-14-16(22)19-17-18-12-7-3-4-8-13(12)20-21(14)17/h2,5-6,9-10H,3-4,7-8H2,1H3. The van der Waals surface area contributed by atoms with Gasteiger partial charge in [0, 0.05) is 5.56 Å². The largest absolute Gasteiger partial charge is 0.496 e. The summed E-state index contributed by atoms with van der Waals surface area (Å²) in [5.74, 6) is 0.753. The Kier molecular flexibility index (Phi) is 3.29. The lowest BCUT2D eigenvalue weighted by Gasteiger charge is -2.24. The number of hydrogen-bond acceptors (Lipinski definition) is 5. The van der Waals surface area contributed by atoms with Gasteiger partial charge < -0.3 is 4.74 Å². The minimum atomic E-state index is -0.321. The van der Waals surface area contributed by atoms with Crippen LogP contribution in [0.5, 0.6) is 5.75 Å². The van der Waals surface area contributed by atoms with Crippen LogP contribution in [0.15, 0.2) is 45.0 Å². The monoisotopic (exact) mass is 308 g/mol. The fourth-order valence-corrected chi connectivity index (χ4v) is 2.96. The summed E-state index contributed by atoms with van der Waals surface area (Å²) in [5, 5.41) is 6.16. The third kappa shape index (κ3) is 2.36. The molecule has 0 aromatic heterocycles. The summed E-state index contributed by atoms with van der Waals surface area (Å²) in [6.45, 7) is 0. The van der Waals surface area contributed by atoms with Crippen LogP contribution in [0, 0.1) is 0 Å². The third-order valence-corrected chi connectivity index (χ3v) is 4.14. The predicted octanol–water partition coefficient (Wildman–Crippen LogP) is 2.62. The van der Waals surface area contributed by atoms with Crippen LogP contribution in [0.25, 0.3) is 6.08 Å². The fraction of sp³-hybridized carbons (Fsp3) is 0.294. The van der Waals surface area contributed by atoms with Gasteiger partial charge in [-0.3, -0.25) is 4.79 Å². The average molecular weight is 308 g/mol. The number of ether oxygens (including phenoxy) is 1. The van der Waals surface area contributed by atoms with Crippen molar-refractivity contribution in [3.05, 3.63) is 35.5 Å². The molecule has 0 atom stereocenters. The number of rotatable bonds is 2. The van der Waals surface area contributed by atoms with Crippen molar-refractivity contribution in [2.24, 2.45) is 15.1 Å². The van der Waals surface area contributed by atoms with Crippen molar-refractivity contribution in [1.82, 2.24) is 5.01 Å². The maximum Gasteiger partial charge on any atom is 0.299 e. The SMILES string of the molecule is COc1ccccc1C=C1C(=O)N=C2N=C3CCCCC3=NN12. The number of hydrogen-bond donors (Lipinski definition) is 0. The lowest BCUT2D eigenvalue weighted by atomic mass is 9.96. The Bertz CT molecular complexity index is 805. The van der Waals surface area contributed by atoms with Gasteiger partial charge in [0.15, 0.2) is 0 Å². The second kappa shape index (κ2) is 5.46. The van der Waals surface area contributed by atoms with Gasteiger partial charge in [-0.25, -0.2) is 4.99 Å². The predicted molar refractivity (Wildman–Crippen MR) is 88.6 cm³/mol. The van der Waals surface area contributed by atoms with Gasteiger partial charge in [0.2, 0.25) is 0 Å². The summed E-state index contributed by atoms with van der Waals surface area (Å²) in [7, 11) is 1.61. The number of guanidine groups is 1. The van der Waals surface area contributed by atoms with Crippen molar-refractivity contribution < 1.29 is 9.53 Å². The molecule has 23 heavy (non-hydrogen) atoms. The summed E-state index contributed by atoms with van der Waals surface area (Å²) in [6, 6.07) is 7.53. The van der Waals surface area contributed by atoms with E-state index in [0.717, 1.165) is 42.7 Å². The number of aliphatic imine (C=N–C) groups is 2. The van der Waals surface area contributed by atoms with Crippen LogP contribution in [0.2, 0.25) is 0 Å². The molecule has 0 unspecified atom stereocenters. The molecule has 6 heteroatoms. The van der Waals surface area contributed by atoms with Crippen LogP contribution in [0.1, 0.15) is 31.2 Å². The molecule has 1 amide bonds. The molecule has 1 fully saturated rings. The smallest absolute Gasteiger partial charge is 0.299 e. The van der Waals surface area contributed by atoms with E-state index in [1.54, 1.807) is 18.2 Å². The summed E-state index contributed by atoms with van der Waals surface area (Å²) >= 11 is 0. The molecule has 0 N–H and O–H groups in total. The number of hydrazone groups is 1. The molecule has 0 saturated heterocycles. The van der Waals surface area contributed by atoms with E-state index < -0.39 is 0 Å². The third-order valence-electron chi connectivity index (χ3n) is 4.14. The zero-order chi connectivity index (χ0) is 15.8. The Balaban J connectivity index is 1.74. The number of carbonyl (C=O) groups is 1. The highest BCUT2D eigenvalue weighted by molar-refractivity contribution is 6.45.